The lowest BCUT2D eigenvalue weighted by Gasteiger charge is -2.36. The number of pyridine rings is 1. The zero-order valence-electron chi connectivity index (χ0n) is 18.6. The van der Waals surface area contributed by atoms with Gasteiger partial charge >= 0.3 is 6.03 Å². The van der Waals surface area contributed by atoms with Crippen LogP contribution >= 0.6 is 11.6 Å². The van der Waals surface area contributed by atoms with Crippen molar-refractivity contribution in [1.29, 1.82) is 0 Å². The first-order valence-corrected chi connectivity index (χ1v) is 11.4. The zero-order valence-corrected chi connectivity index (χ0v) is 19.3. The number of rotatable bonds is 6. The first kappa shape index (κ1) is 22.2. The Labute approximate surface area is 194 Å². The number of hydrogen-bond donors (Lipinski definition) is 2. The molecule has 0 spiro atoms. The van der Waals surface area contributed by atoms with Crippen molar-refractivity contribution in [3.05, 3.63) is 65.2 Å². The topological polar surface area (TPSA) is 74.5 Å². The smallest absolute Gasteiger partial charge is 0.315 e. The number of amides is 2. The monoisotopic (exact) mass is 451 g/mol. The van der Waals surface area contributed by atoms with Gasteiger partial charge in [-0.25, -0.2) is 9.78 Å². The van der Waals surface area contributed by atoms with Crippen molar-refractivity contribution in [3.8, 4) is 0 Å². The van der Waals surface area contributed by atoms with Crippen molar-refractivity contribution in [2.75, 3.05) is 24.3 Å². The van der Waals surface area contributed by atoms with Gasteiger partial charge in [-0.1, -0.05) is 48.0 Å². The number of halogens is 1. The molecule has 168 valence electrons. The number of fused-ring (bicyclic) bond motifs is 1. The van der Waals surface area contributed by atoms with E-state index in [1.807, 2.05) is 56.6 Å². The van der Waals surface area contributed by atoms with Gasteiger partial charge in [0, 0.05) is 54.9 Å². The molecule has 4 rings (SSSR count). The molecule has 1 aliphatic carbocycles. The van der Waals surface area contributed by atoms with Gasteiger partial charge in [-0.05, 0) is 43.4 Å². The van der Waals surface area contributed by atoms with Crippen molar-refractivity contribution in [3.63, 3.8) is 0 Å². The predicted octanol–water partition coefficient (Wildman–Crippen LogP) is 5.26. The molecule has 0 aliphatic heterocycles. The third-order valence-corrected chi connectivity index (χ3v) is 6.62. The second kappa shape index (κ2) is 9.65. The minimum atomic E-state index is -0.395. The van der Waals surface area contributed by atoms with Crippen LogP contribution in [-0.2, 0) is 6.54 Å². The Morgan fingerprint density at radius 2 is 1.78 bits per heavy atom. The van der Waals surface area contributed by atoms with E-state index in [4.69, 9.17) is 22.3 Å². The number of aromatic nitrogens is 1. The SMILES string of the molecule is CN(C)c1cc(NC2CCC(N(Cc3ccccc3Cl)C(N)=O)CC2)nc2ccccc12. The standard InChI is InChI=1S/C25H30ClN5O/c1-30(2)23-15-24(29-22-10-6-4-8-20(22)23)28-18-11-13-19(14-12-18)31(25(27)32)16-17-7-3-5-9-21(17)26/h3-10,15,18-19H,11-14,16H2,1-2H3,(H2,27,32)(H,28,29). The second-order valence-electron chi connectivity index (χ2n) is 8.65. The van der Waals surface area contributed by atoms with Gasteiger partial charge in [0.05, 0.1) is 5.52 Å². The summed E-state index contributed by atoms with van der Waals surface area (Å²) in [4.78, 5) is 20.9. The number of carbonyl (C=O) groups excluding carboxylic acids is 1. The average Bonchev–Trinajstić information content (AvgIpc) is 2.78. The van der Waals surface area contributed by atoms with Gasteiger partial charge in [0.2, 0.25) is 0 Å². The van der Waals surface area contributed by atoms with Gasteiger partial charge < -0.3 is 20.9 Å². The lowest BCUT2D eigenvalue weighted by Crippen LogP contribution is -2.46. The first-order chi connectivity index (χ1) is 15.4. The molecule has 3 N–H and O–H groups in total. The fourth-order valence-corrected chi connectivity index (χ4v) is 4.73. The Bertz CT molecular complexity index is 1090. The quantitative estimate of drug-likeness (QED) is 0.536. The first-order valence-electron chi connectivity index (χ1n) is 11.1. The maximum atomic E-state index is 12.2. The molecule has 0 radical (unpaired) electrons. The van der Waals surface area contributed by atoms with E-state index in [1.165, 1.54) is 0 Å². The summed E-state index contributed by atoms with van der Waals surface area (Å²) >= 11 is 6.30. The number of benzene rings is 2. The van der Waals surface area contributed by atoms with E-state index in [0.717, 1.165) is 53.7 Å². The fraction of sp³-hybridized carbons (Fsp3) is 0.360. The summed E-state index contributed by atoms with van der Waals surface area (Å²) in [6.45, 7) is 0.441. The molecule has 32 heavy (non-hydrogen) atoms. The normalized spacial score (nSPS) is 18.3. The van der Waals surface area contributed by atoms with Gasteiger partial charge in [-0.3, -0.25) is 0 Å². The van der Waals surface area contributed by atoms with E-state index in [2.05, 4.69) is 22.3 Å². The highest BCUT2D eigenvalue weighted by Gasteiger charge is 2.28. The Kier molecular flexibility index (Phi) is 6.70. The Hall–Kier alpha value is -2.99. The number of hydrogen-bond acceptors (Lipinski definition) is 4. The summed E-state index contributed by atoms with van der Waals surface area (Å²) in [5, 5.41) is 5.42. The van der Waals surface area contributed by atoms with Gasteiger partial charge in [-0.15, -0.1) is 0 Å². The molecule has 1 aromatic heterocycles. The molecule has 0 saturated heterocycles. The molecule has 1 heterocycles. The molecule has 2 amide bonds. The molecule has 7 heteroatoms. The van der Waals surface area contributed by atoms with Gasteiger partial charge in [0.25, 0.3) is 0 Å². The van der Waals surface area contributed by atoms with Gasteiger partial charge in [0.15, 0.2) is 0 Å². The van der Waals surface area contributed by atoms with Crippen LogP contribution in [0.2, 0.25) is 5.02 Å². The summed E-state index contributed by atoms with van der Waals surface area (Å²) in [7, 11) is 4.10. The van der Waals surface area contributed by atoms with Crippen LogP contribution in [0.5, 0.6) is 0 Å². The highest BCUT2D eigenvalue weighted by molar-refractivity contribution is 6.31. The number of para-hydroxylation sites is 1. The highest BCUT2D eigenvalue weighted by Crippen LogP contribution is 2.31. The molecule has 1 fully saturated rings. The van der Waals surface area contributed by atoms with Gasteiger partial charge in [-0.2, -0.15) is 0 Å². The summed E-state index contributed by atoms with van der Waals surface area (Å²) in [6.07, 6.45) is 3.67. The molecular weight excluding hydrogens is 422 g/mol. The van der Waals surface area contributed by atoms with Crippen molar-refractivity contribution >= 4 is 40.0 Å². The molecule has 3 aromatic rings. The molecule has 0 unspecified atom stereocenters. The average molecular weight is 452 g/mol. The Morgan fingerprint density at radius 1 is 1.09 bits per heavy atom. The van der Waals surface area contributed by atoms with Gasteiger partial charge in [0.1, 0.15) is 5.82 Å². The van der Waals surface area contributed by atoms with Crippen LogP contribution < -0.4 is 16.0 Å². The van der Waals surface area contributed by atoms with Crippen LogP contribution in [0.3, 0.4) is 0 Å². The Morgan fingerprint density at radius 3 is 2.47 bits per heavy atom. The van der Waals surface area contributed by atoms with Crippen molar-refractivity contribution in [2.45, 2.75) is 44.3 Å². The van der Waals surface area contributed by atoms with E-state index in [9.17, 15) is 4.79 Å². The second-order valence-corrected chi connectivity index (χ2v) is 9.05. The number of carbonyl (C=O) groups is 1. The minimum Gasteiger partial charge on any atom is -0.377 e. The van der Waals surface area contributed by atoms with E-state index in [0.29, 0.717) is 17.6 Å². The van der Waals surface area contributed by atoms with E-state index < -0.39 is 6.03 Å². The largest absolute Gasteiger partial charge is 0.377 e. The number of urea groups is 1. The third kappa shape index (κ3) is 4.91. The number of nitrogens with zero attached hydrogens (tertiary/aromatic N) is 3. The molecule has 2 aromatic carbocycles. The third-order valence-electron chi connectivity index (χ3n) is 6.25. The van der Waals surface area contributed by atoms with Crippen molar-refractivity contribution < 1.29 is 4.79 Å². The molecule has 0 atom stereocenters. The van der Waals surface area contributed by atoms with E-state index in [1.54, 1.807) is 4.90 Å². The lowest BCUT2D eigenvalue weighted by atomic mass is 9.90. The molecule has 1 aliphatic rings. The molecule has 1 saturated carbocycles. The summed E-state index contributed by atoms with van der Waals surface area (Å²) < 4.78 is 0. The highest BCUT2D eigenvalue weighted by atomic mass is 35.5. The van der Waals surface area contributed by atoms with Crippen LogP contribution in [0, 0.1) is 0 Å². The minimum absolute atomic E-state index is 0.115. The maximum absolute atomic E-state index is 12.2. The van der Waals surface area contributed by atoms with E-state index in [-0.39, 0.29) is 6.04 Å². The van der Waals surface area contributed by atoms with Crippen LogP contribution in [0.1, 0.15) is 31.2 Å². The maximum Gasteiger partial charge on any atom is 0.315 e. The number of nitrogens with one attached hydrogen (secondary N) is 1. The summed E-state index contributed by atoms with van der Waals surface area (Å²) in [5.74, 6) is 0.888. The van der Waals surface area contributed by atoms with Crippen molar-refractivity contribution in [1.82, 2.24) is 9.88 Å². The fourth-order valence-electron chi connectivity index (χ4n) is 4.54. The molecule has 0 bridgehead atoms. The van der Waals surface area contributed by atoms with E-state index >= 15 is 0 Å². The predicted molar refractivity (Wildman–Crippen MR) is 132 cm³/mol. The van der Waals surface area contributed by atoms with Crippen LogP contribution in [0.15, 0.2) is 54.6 Å². The lowest BCUT2D eigenvalue weighted by molar-refractivity contribution is 0.156. The Balaban J connectivity index is 1.43. The summed E-state index contributed by atoms with van der Waals surface area (Å²) in [6, 6.07) is 17.9. The number of anilines is 2. The van der Waals surface area contributed by atoms with Crippen LogP contribution in [-0.4, -0.2) is 42.1 Å². The molecule has 6 nitrogen and oxygen atoms in total. The van der Waals surface area contributed by atoms with Crippen LogP contribution in [0.4, 0.5) is 16.3 Å². The molecular formula is C25H30ClN5O. The van der Waals surface area contributed by atoms with Crippen LogP contribution in [0.25, 0.3) is 10.9 Å². The number of nitrogens with two attached hydrogens (primary N) is 1. The summed E-state index contributed by atoms with van der Waals surface area (Å²) in [5.41, 5.74) is 8.78. The van der Waals surface area contributed by atoms with Crippen molar-refractivity contribution in [2.24, 2.45) is 5.73 Å². The zero-order chi connectivity index (χ0) is 22.7. The number of primary amides is 1.